The minimum Gasteiger partial charge on any atom is -0.497 e. The Morgan fingerprint density at radius 3 is 2.50 bits per heavy atom. The van der Waals surface area contributed by atoms with Crippen molar-refractivity contribution in [1.29, 1.82) is 0 Å². The van der Waals surface area contributed by atoms with Crippen LogP contribution in [-0.2, 0) is 9.59 Å². The number of anilines is 2. The zero-order chi connectivity index (χ0) is 20.8. The summed E-state index contributed by atoms with van der Waals surface area (Å²) >= 11 is 0. The molecule has 9 heteroatoms. The number of carbonyl (C=O) groups excluding carboxylic acids is 2. The standard InChI is InChI=1S/C19H20F3N3O3/c1-11(19(27)23-12-5-4-6-13(9-12)28-3)25(2)10-16(26)24-15-8-7-14(20)17(21)18(15)22/h4-9,11H,10H2,1-3H3,(H,23,27)(H,24,26)/p+1/t11-/m0/s1. The summed E-state index contributed by atoms with van der Waals surface area (Å²) in [5.74, 6) is -4.89. The van der Waals surface area contributed by atoms with Crippen LogP contribution in [0.2, 0.25) is 0 Å². The molecule has 2 atom stereocenters. The largest absolute Gasteiger partial charge is 0.497 e. The molecule has 3 N–H and O–H groups in total. The van der Waals surface area contributed by atoms with Gasteiger partial charge in [-0.15, -0.1) is 0 Å². The maximum atomic E-state index is 13.6. The summed E-state index contributed by atoms with van der Waals surface area (Å²) in [6.07, 6.45) is 0. The summed E-state index contributed by atoms with van der Waals surface area (Å²) in [4.78, 5) is 25.0. The third-order valence-corrected chi connectivity index (χ3v) is 4.22. The second kappa shape index (κ2) is 9.23. The Kier molecular flexibility index (Phi) is 7.00. The topological polar surface area (TPSA) is 71.9 Å². The molecule has 2 aromatic carbocycles. The monoisotopic (exact) mass is 396 g/mol. The van der Waals surface area contributed by atoms with Gasteiger partial charge in [0.05, 0.1) is 19.8 Å². The number of halogens is 3. The number of ether oxygens (including phenoxy) is 1. The molecule has 6 nitrogen and oxygen atoms in total. The number of quaternary nitrogens is 1. The molecule has 2 rings (SSSR count). The van der Waals surface area contributed by atoms with Gasteiger partial charge in [-0.05, 0) is 31.2 Å². The Hall–Kier alpha value is -3.07. The molecule has 2 amide bonds. The Bertz CT molecular complexity index is 877. The van der Waals surface area contributed by atoms with Crippen LogP contribution in [0.1, 0.15) is 6.92 Å². The molecule has 1 unspecified atom stereocenters. The minimum atomic E-state index is -1.66. The third-order valence-electron chi connectivity index (χ3n) is 4.22. The quantitative estimate of drug-likeness (QED) is 0.623. The second-order valence-electron chi connectivity index (χ2n) is 6.24. The number of carbonyl (C=O) groups is 2. The van der Waals surface area contributed by atoms with Gasteiger partial charge >= 0.3 is 0 Å². The van der Waals surface area contributed by atoms with Crippen molar-refractivity contribution in [3.05, 3.63) is 53.8 Å². The van der Waals surface area contributed by atoms with E-state index in [1.165, 1.54) is 7.11 Å². The summed E-state index contributed by atoms with van der Waals surface area (Å²) < 4.78 is 44.9. The summed E-state index contributed by atoms with van der Waals surface area (Å²) in [6, 6.07) is 7.83. The highest BCUT2D eigenvalue weighted by Gasteiger charge is 2.25. The molecule has 0 saturated carbocycles. The van der Waals surface area contributed by atoms with Crippen molar-refractivity contribution in [2.75, 3.05) is 31.3 Å². The predicted octanol–water partition coefficient (Wildman–Crippen LogP) is 1.59. The minimum absolute atomic E-state index is 0.189. The Morgan fingerprint density at radius 1 is 1.11 bits per heavy atom. The molecule has 28 heavy (non-hydrogen) atoms. The van der Waals surface area contributed by atoms with Crippen LogP contribution in [0.4, 0.5) is 24.5 Å². The lowest BCUT2D eigenvalue weighted by atomic mass is 10.2. The Balaban J connectivity index is 1.95. The van der Waals surface area contributed by atoms with Crippen LogP contribution in [0.3, 0.4) is 0 Å². The van der Waals surface area contributed by atoms with Gasteiger partial charge in [-0.25, -0.2) is 13.2 Å². The Labute approximate surface area is 160 Å². The van der Waals surface area contributed by atoms with E-state index < -0.39 is 35.1 Å². The van der Waals surface area contributed by atoms with Crippen LogP contribution >= 0.6 is 0 Å². The van der Waals surface area contributed by atoms with E-state index in [2.05, 4.69) is 10.6 Å². The molecule has 0 radical (unpaired) electrons. The van der Waals surface area contributed by atoms with E-state index in [-0.39, 0.29) is 12.5 Å². The maximum absolute atomic E-state index is 13.6. The normalized spacial score (nSPS) is 12.8. The molecule has 0 aliphatic heterocycles. The van der Waals surface area contributed by atoms with E-state index in [1.54, 1.807) is 38.2 Å². The van der Waals surface area contributed by atoms with Crippen molar-refractivity contribution in [1.82, 2.24) is 0 Å². The average molecular weight is 396 g/mol. The second-order valence-corrected chi connectivity index (χ2v) is 6.24. The summed E-state index contributed by atoms with van der Waals surface area (Å²) in [5.41, 5.74) is 0.0718. The van der Waals surface area contributed by atoms with Crippen LogP contribution in [0.15, 0.2) is 36.4 Å². The number of hydrogen-bond donors (Lipinski definition) is 3. The number of likely N-dealkylation sites (N-methyl/N-ethyl adjacent to an activating group) is 1. The fourth-order valence-corrected chi connectivity index (χ4v) is 2.40. The number of benzene rings is 2. The average Bonchev–Trinajstić information content (AvgIpc) is 2.67. The van der Waals surface area contributed by atoms with Crippen molar-refractivity contribution in [3.63, 3.8) is 0 Å². The predicted molar refractivity (Wildman–Crippen MR) is 97.8 cm³/mol. The lowest BCUT2D eigenvalue weighted by molar-refractivity contribution is -0.885. The number of amides is 2. The molecule has 150 valence electrons. The van der Waals surface area contributed by atoms with E-state index in [9.17, 15) is 22.8 Å². The van der Waals surface area contributed by atoms with Gasteiger partial charge in [0.1, 0.15) is 5.75 Å². The molecule has 2 aromatic rings. The van der Waals surface area contributed by atoms with Gasteiger partial charge in [-0.2, -0.15) is 0 Å². The van der Waals surface area contributed by atoms with Crippen LogP contribution in [-0.4, -0.2) is 38.6 Å². The van der Waals surface area contributed by atoms with Crippen molar-refractivity contribution >= 4 is 23.2 Å². The molecule has 0 spiro atoms. The highest BCUT2D eigenvalue weighted by Crippen LogP contribution is 2.19. The van der Waals surface area contributed by atoms with Gasteiger partial charge in [0.15, 0.2) is 30.0 Å². The van der Waals surface area contributed by atoms with Gasteiger partial charge in [0.2, 0.25) is 0 Å². The summed E-state index contributed by atoms with van der Waals surface area (Å²) in [7, 11) is 3.12. The van der Waals surface area contributed by atoms with Crippen LogP contribution < -0.4 is 20.3 Å². The molecule has 0 bridgehead atoms. The number of methoxy groups -OCH3 is 1. The van der Waals surface area contributed by atoms with Crippen molar-refractivity contribution in [2.24, 2.45) is 0 Å². The lowest BCUT2D eigenvalue weighted by Gasteiger charge is -2.20. The number of hydrogen-bond acceptors (Lipinski definition) is 3. The van der Waals surface area contributed by atoms with E-state index in [4.69, 9.17) is 4.74 Å². The van der Waals surface area contributed by atoms with E-state index in [0.29, 0.717) is 16.3 Å². The van der Waals surface area contributed by atoms with Gasteiger partial charge in [-0.1, -0.05) is 6.07 Å². The fraction of sp³-hybridized carbons (Fsp3) is 0.263. The lowest BCUT2D eigenvalue weighted by Crippen LogP contribution is -3.14. The van der Waals surface area contributed by atoms with E-state index in [0.717, 1.165) is 12.1 Å². The molecular weight excluding hydrogens is 375 g/mol. The van der Waals surface area contributed by atoms with Crippen molar-refractivity contribution < 1.29 is 32.4 Å². The van der Waals surface area contributed by atoms with E-state index in [1.807, 2.05) is 0 Å². The Morgan fingerprint density at radius 2 is 1.82 bits per heavy atom. The van der Waals surface area contributed by atoms with Gasteiger partial charge in [0.25, 0.3) is 11.8 Å². The van der Waals surface area contributed by atoms with Crippen molar-refractivity contribution in [2.45, 2.75) is 13.0 Å². The van der Waals surface area contributed by atoms with E-state index >= 15 is 0 Å². The first-order valence-corrected chi connectivity index (χ1v) is 8.43. The van der Waals surface area contributed by atoms with Crippen LogP contribution in [0, 0.1) is 17.5 Å². The summed E-state index contributed by atoms with van der Waals surface area (Å²) in [5, 5.41) is 4.90. The zero-order valence-electron chi connectivity index (χ0n) is 15.6. The van der Waals surface area contributed by atoms with Crippen LogP contribution in [0.5, 0.6) is 5.75 Å². The smallest absolute Gasteiger partial charge is 0.282 e. The number of rotatable bonds is 7. The summed E-state index contributed by atoms with van der Waals surface area (Å²) in [6.45, 7) is 1.43. The third kappa shape index (κ3) is 5.23. The molecule has 0 saturated heterocycles. The highest BCUT2D eigenvalue weighted by atomic mass is 19.2. The van der Waals surface area contributed by atoms with Gasteiger partial charge < -0.3 is 20.3 Å². The number of nitrogens with one attached hydrogen (secondary N) is 3. The SMILES string of the molecule is COc1cccc(NC(=O)[C@H](C)[NH+](C)CC(=O)Nc2ccc(F)c(F)c2F)c1. The first-order valence-electron chi connectivity index (χ1n) is 8.43. The van der Waals surface area contributed by atoms with Gasteiger partial charge in [0, 0.05) is 11.8 Å². The fourth-order valence-electron chi connectivity index (χ4n) is 2.40. The molecule has 0 heterocycles. The molecule has 0 aromatic heterocycles. The molecule has 0 aliphatic carbocycles. The molecule has 0 fully saturated rings. The maximum Gasteiger partial charge on any atom is 0.282 e. The van der Waals surface area contributed by atoms with Crippen LogP contribution in [0.25, 0.3) is 0 Å². The zero-order valence-corrected chi connectivity index (χ0v) is 15.6. The first-order chi connectivity index (χ1) is 13.2. The molecule has 0 aliphatic rings. The first kappa shape index (κ1) is 21.2. The van der Waals surface area contributed by atoms with Gasteiger partial charge in [-0.3, -0.25) is 9.59 Å². The highest BCUT2D eigenvalue weighted by molar-refractivity contribution is 5.94. The van der Waals surface area contributed by atoms with Crippen molar-refractivity contribution in [3.8, 4) is 5.75 Å². The molecular formula is C19H21F3N3O3+.